The normalized spacial score (nSPS) is 12.9. The van der Waals surface area contributed by atoms with Gasteiger partial charge >= 0.3 is 6.18 Å². The molecule has 2 heterocycles. The molecule has 0 amide bonds. The molecule has 1 unspecified atom stereocenters. The number of aryl methyl sites for hydroxylation is 2. The smallest absolute Gasteiger partial charge is 0.422 e. The van der Waals surface area contributed by atoms with Crippen molar-refractivity contribution in [3.05, 3.63) is 40.8 Å². The summed E-state index contributed by atoms with van der Waals surface area (Å²) in [6.07, 6.45) is -2.11. The van der Waals surface area contributed by atoms with Crippen LogP contribution in [0.2, 0.25) is 0 Å². The van der Waals surface area contributed by atoms with Crippen LogP contribution >= 0.6 is 24.0 Å². The zero-order valence-electron chi connectivity index (χ0n) is 17.7. The number of guanidine groups is 1. The highest BCUT2D eigenvalue weighted by molar-refractivity contribution is 14.0. The highest BCUT2D eigenvalue weighted by Gasteiger charge is 2.28. The predicted molar refractivity (Wildman–Crippen MR) is 120 cm³/mol. The second-order valence-electron chi connectivity index (χ2n) is 6.86. The summed E-state index contributed by atoms with van der Waals surface area (Å²) in [5.41, 5.74) is 4.15. The molecule has 0 radical (unpaired) electrons. The van der Waals surface area contributed by atoms with E-state index in [2.05, 4.69) is 37.4 Å². The van der Waals surface area contributed by atoms with Crippen molar-refractivity contribution in [3.63, 3.8) is 0 Å². The van der Waals surface area contributed by atoms with E-state index < -0.39 is 12.8 Å². The third-order valence-corrected chi connectivity index (χ3v) is 4.42. The number of ether oxygens (including phenoxy) is 1. The topological polar surface area (TPSA) is 76.4 Å². The Kier molecular flexibility index (Phi) is 9.85. The van der Waals surface area contributed by atoms with Crippen LogP contribution in [-0.4, -0.2) is 46.6 Å². The van der Waals surface area contributed by atoms with Gasteiger partial charge in [-0.2, -0.15) is 18.3 Å². The summed E-state index contributed by atoms with van der Waals surface area (Å²) in [5, 5.41) is 10.9. The van der Waals surface area contributed by atoms with Gasteiger partial charge in [-0.05, 0) is 38.3 Å². The lowest BCUT2D eigenvalue weighted by Crippen LogP contribution is -2.42. The van der Waals surface area contributed by atoms with E-state index in [9.17, 15) is 13.2 Å². The van der Waals surface area contributed by atoms with Gasteiger partial charge in [0.05, 0.1) is 5.69 Å². The molecule has 2 aromatic heterocycles. The molecule has 2 N–H and O–H groups in total. The Hall–Kier alpha value is -2.05. The van der Waals surface area contributed by atoms with E-state index in [-0.39, 0.29) is 35.9 Å². The van der Waals surface area contributed by atoms with Gasteiger partial charge in [0.2, 0.25) is 5.88 Å². The Labute approximate surface area is 191 Å². The van der Waals surface area contributed by atoms with E-state index in [4.69, 9.17) is 0 Å². The van der Waals surface area contributed by atoms with Crippen molar-refractivity contribution in [3.8, 4) is 5.88 Å². The van der Waals surface area contributed by atoms with Gasteiger partial charge in [0.15, 0.2) is 12.6 Å². The summed E-state index contributed by atoms with van der Waals surface area (Å²) in [6.45, 7) is 5.17. The number of nitrogens with zero attached hydrogens (tertiary/aromatic N) is 4. The standard InChI is InChI=1S/C19H27F3N6O.HI/c1-12(8-16-13(2)27-28(5)14(16)3)26-18(23-4)25-10-15-6-7-17(24-9-15)29-11-19(20,21)22;/h6-7,9,12H,8,10-11H2,1-5H3,(H2,23,25,26);1H. The summed E-state index contributed by atoms with van der Waals surface area (Å²) in [7, 11) is 3.60. The molecular weight excluding hydrogens is 512 g/mol. The Bertz CT molecular complexity index is 836. The van der Waals surface area contributed by atoms with Gasteiger partial charge in [-0.25, -0.2) is 4.98 Å². The lowest BCUT2D eigenvalue weighted by molar-refractivity contribution is -0.154. The van der Waals surface area contributed by atoms with Crippen LogP contribution in [-0.2, 0) is 20.0 Å². The number of alkyl halides is 3. The van der Waals surface area contributed by atoms with Gasteiger partial charge in [0.1, 0.15) is 0 Å². The minimum atomic E-state index is -4.39. The number of aliphatic imine (C=N–C) groups is 1. The van der Waals surface area contributed by atoms with Crippen molar-refractivity contribution < 1.29 is 17.9 Å². The maximum Gasteiger partial charge on any atom is 0.422 e. The highest BCUT2D eigenvalue weighted by atomic mass is 127. The predicted octanol–water partition coefficient (Wildman–Crippen LogP) is 3.29. The lowest BCUT2D eigenvalue weighted by Gasteiger charge is -2.18. The van der Waals surface area contributed by atoms with E-state index in [1.54, 1.807) is 13.1 Å². The zero-order chi connectivity index (χ0) is 21.6. The van der Waals surface area contributed by atoms with Crippen LogP contribution < -0.4 is 15.4 Å². The first-order valence-corrected chi connectivity index (χ1v) is 9.19. The van der Waals surface area contributed by atoms with Crippen LogP contribution in [0.15, 0.2) is 23.3 Å². The largest absolute Gasteiger partial charge is 0.468 e. The minimum absolute atomic E-state index is 0. The summed E-state index contributed by atoms with van der Waals surface area (Å²) >= 11 is 0. The van der Waals surface area contributed by atoms with E-state index in [0.29, 0.717) is 12.5 Å². The molecule has 0 bridgehead atoms. The molecule has 0 aliphatic carbocycles. The third kappa shape index (κ3) is 8.00. The minimum Gasteiger partial charge on any atom is -0.468 e. The molecular formula is C19H28F3IN6O. The van der Waals surface area contributed by atoms with Crippen LogP contribution in [0.25, 0.3) is 0 Å². The first-order valence-electron chi connectivity index (χ1n) is 9.19. The number of pyridine rings is 1. The second kappa shape index (κ2) is 11.4. The quantitative estimate of drug-likeness (QED) is 0.321. The Balaban J connectivity index is 0.00000450. The zero-order valence-corrected chi connectivity index (χ0v) is 20.0. The fourth-order valence-corrected chi connectivity index (χ4v) is 2.84. The van der Waals surface area contributed by atoms with Crippen LogP contribution in [0.5, 0.6) is 5.88 Å². The van der Waals surface area contributed by atoms with Crippen molar-refractivity contribution >= 4 is 29.9 Å². The molecule has 0 aromatic carbocycles. The number of rotatable bonds is 7. The molecule has 0 saturated heterocycles. The second-order valence-corrected chi connectivity index (χ2v) is 6.86. The third-order valence-electron chi connectivity index (χ3n) is 4.42. The summed E-state index contributed by atoms with van der Waals surface area (Å²) in [4.78, 5) is 8.10. The van der Waals surface area contributed by atoms with Crippen molar-refractivity contribution in [1.82, 2.24) is 25.4 Å². The van der Waals surface area contributed by atoms with Gasteiger partial charge in [-0.3, -0.25) is 9.67 Å². The SMILES string of the molecule is CN=C(NCc1ccc(OCC(F)(F)F)nc1)NC(C)Cc1c(C)nn(C)c1C.I. The van der Waals surface area contributed by atoms with Crippen LogP contribution in [0.4, 0.5) is 13.2 Å². The summed E-state index contributed by atoms with van der Waals surface area (Å²) in [6, 6.07) is 3.19. The maximum absolute atomic E-state index is 12.2. The molecule has 168 valence electrons. The fourth-order valence-electron chi connectivity index (χ4n) is 2.84. The Morgan fingerprint density at radius 3 is 2.50 bits per heavy atom. The molecule has 0 aliphatic rings. The van der Waals surface area contributed by atoms with Gasteiger partial charge in [-0.1, -0.05) is 6.07 Å². The van der Waals surface area contributed by atoms with E-state index in [0.717, 1.165) is 23.4 Å². The molecule has 0 fully saturated rings. The average Bonchev–Trinajstić information content (AvgIpc) is 2.89. The number of nitrogens with one attached hydrogen (secondary N) is 2. The van der Waals surface area contributed by atoms with Crippen LogP contribution in [0.1, 0.15) is 29.4 Å². The highest BCUT2D eigenvalue weighted by Crippen LogP contribution is 2.17. The molecule has 0 saturated carbocycles. The summed E-state index contributed by atoms with van der Waals surface area (Å²) in [5.74, 6) is 0.554. The summed E-state index contributed by atoms with van der Waals surface area (Å²) < 4.78 is 43.0. The van der Waals surface area contributed by atoms with Crippen LogP contribution in [0, 0.1) is 13.8 Å². The van der Waals surface area contributed by atoms with Crippen molar-refractivity contribution in [2.75, 3.05) is 13.7 Å². The number of aromatic nitrogens is 3. The monoisotopic (exact) mass is 540 g/mol. The van der Waals surface area contributed by atoms with Gasteiger partial charge in [0, 0.05) is 44.6 Å². The molecule has 0 spiro atoms. The van der Waals surface area contributed by atoms with Crippen molar-refractivity contribution in [2.24, 2.45) is 12.0 Å². The lowest BCUT2D eigenvalue weighted by atomic mass is 10.1. The van der Waals surface area contributed by atoms with Gasteiger partial charge < -0.3 is 15.4 Å². The van der Waals surface area contributed by atoms with Gasteiger partial charge in [0.25, 0.3) is 0 Å². The van der Waals surface area contributed by atoms with E-state index >= 15 is 0 Å². The first-order chi connectivity index (χ1) is 13.6. The molecule has 0 aliphatic heterocycles. The molecule has 11 heteroatoms. The molecule has 2 aromatic rings. The average molecular weight is 540 g/mol. The van der Waals surface area contributed by atoms with E-state index in [1.807, 2.05) is 25.6 Å². The molecule has 30 heavy (non-hydrogen) atoms. The fraction of sp³-hybridized carbons (Fsp3) is 0.526. The molecule has 7 nitrogen and oxygen atoms in total. The number of hydrogen-bond acceptors (Lipinski definition) is 4. The molecule has 1 atom stereocenters. The number of halogens is 4. The maximum atomic E-state index is 12.2. The van der Waals surface area contributed by atoms with Gasteiger partial charge in [-0.15, -0.1) is 24.0 Å². The molecule has 2 rings (SSSR count). The number of hydrogen-bond donors (Lipinski definition) is 2. The van der Waals surface area contributed by atoms with E-state index in [1.165, 1.54) is 17.8 Å². The van der Waals surface area contributed by atoms with Crippen molar-refractivity contribution in [2.45, 2.75) is 46.0 Å². The van der Waals surface area contributed by atoms with Crippen molar-refractivity contribution in [1.29, 1.82) is 0 Å². The van der Waals surface area contributed by atoms with Crippen LogP contribution in [0.3, 0.4) is 0 Å². The first kappa shape index (κ1) is 26.0. The Morgan fingerprint density at radius 2 is 2.00 bits per heavy atom. The Morgan fingerprint density at radius 1 is 1.30 bits per heavy atom.